The highest BCUT2D eigenvalue weighted by Crippen LogP contribution is 2.19. The first-order chi connectivity index (χ1) is 12.3. The van der Waals surface area contributed by atoms with E-state index < -0.39 is 0 Å². The maximum Gasteiger partial charge on any atom is 0.208 e. The minimum absolute atomic E-state index is 0.343. The summed E-state index contributed by atoms with van der Waals surface area (Å²) in [4.78, 5) is 7.74. The number of aliphatic imine (C=N–C) groups is 1. The first kappa shape index (κ1) is 17.5. The van der Waals surface area contributed by atoms with Crippen LogP contribution >= 0.6 is 11.8 Å². The zero-order valence-electron chi connectivity index (χ0n) is 14.4. The van der Waals surface area contributed by atoms with Gasteiger partial charge in [-0.05, 0) is 6.26 Å². The Kier molecular flexibility index (Phi) is 6.10. The number of rotatable bonds is 3. The second kappa shape index (κ2) is 8.70. The quantitative estimate of drug-likeness (QED) is 0.524. The van der Waals surface area contributed by atoms with E-state index >= 15 is 0 Å². The van der Waals surface area contributed by atoms with Crippen molar-refractivity contribution in [1.82, 2.24) is 4.90 Å². The molecule has 1 aliphatic rings. The predicted molar refractivity (Wildman–Crippen MR) is 104 cm³/mol. The molecular formula is C20H23N4S+. The topological polar surface area (TPSA) is 43.8 Å². The fourth-order valence-corrected chi connectivity index (χ4v) is 4.09. The van der Waals surface area contributed by atoms with E-state index in [0.717, 1.165) is 31.3 Å². The molecule has 1 saturated heterocycles. The van der Waals surface area contributed by atoms with E-state index in [9.17, 15) is 0 Å². The van der Waals surface area contributed by atoms with Crippen LogP contribution in [0.1, 0.15) is 17.2 Å². The summed E-state index contributed by atoms with van der Waals surface area (Å²) in [5.41, 5.74) is 2.71. The second-order valence-electron chi connectivity index (χ2n) is 6.10. The van der Waals surface area contributed by atoms with Crippen LogP contribution in [0.5, 0.6) is 0 Å². The van der Waals surface area contributed by atoms with Gasteiger partial charge in [0.05, 0.1) is 26.2 Å². The summed E-state index contributed by atoms with van der Waals surface area (Å²) in [6, 6.07) is 21.9. The maximum atomic E-state index is 8.85. The van der Waals surface area contributed by atoms with Crippen LogP contribution < -0.4 is 4.90 Å². The highest BCUT2D eigenvalue weighted by Gasteiger charge is 2.30. The van der Waals surface area contributed by atoms with Gasteiger partial charge in [0.2, 0.25) is 6.19 Å². The van der Waals surface area contributed by atoms with Crippen LogP contribution in [0.15, 0.2) is 65.7 Å². The number of benzene rings is 2. The van der Waals surface area contributed by atoms with E-state index in [1.807, 2.05) is 12.4 Å². The molecule has 0 saturated carbocycles. The number of amidine groups is 1. The molecule has 0 spiro atoms. The Bertz CT molecular complexity index is 692. The van der Waals surface area contributed by atoms with E-state index in [1.165, 1.54) is 11.1 Å². The molecule has 0 radical (unpaired) electrons. The zero-order chi connectivity index (χ0) is 17.5. The van der Waals surface area contributed by atoms with Crippen LogP contribution in [-0.2, 0) is 0 Å². The molecule has 25 heavy (non-hydrogen) atoms. The second-order valence-corrected chi connectivity index (χ2v) is 6.87. The zero-order valence-corrected chi connectivity index (χ0v) is 15.2. The third-order valence-electron chi connectivity index (χ3n) is 4.68. The third-order valence-corrected chi connectivity index (χ3v) is 5.39. The van der Waals surface area contributed by atoms with Crippen LogP contribution in [0.2, 0.25) is 0 Å². The molecule has 0 aromatic heterocycles. The van der Waals surface area contributed by atoms with Crippen molar-refractivity contribution in [3.8, 4) is 6.19 Å². The molecule has 1 fully saturated rings. The Labute approximate surface area is 153 Å². The minimum Gasteiger partial charge on any atom is -0.339 e. The van der Waals surface area contributed by atoms with Gasteiger partial charge >= 0.3 is 0 Å². The first-order valence-electron chi connectivity index (χ1n) is 8.53. The summed E-state index contributed by atoms with van der Waals surface area (Å²) in [5, 5.41) is 9.68. The van der Waals surface area contributed by atoms with Gasteiger partial charge < -0.3 is 9.80 Å². The minimum atomic E-state index is 0.343. The Morgan fingerprint density at radius 1 is 1.04 bits per heavy atom. The lowest BCUT2D eigenvalue weighted by atomic mass is 9.96. The van der Waals surface area contributed by atoms with Gasteiger partial charge in [-0.25, -0.2) is 0 Å². The fourth-order valence-electron chi connectivity index (χ4n) is 3.52. The van der Waals surface area contributed by atoms with Gasteiger partial charge in [-0.3, -0.25) is 0 Å². The van der Waals surface area contributed by atoms with E-state index in [2.05, 4.69) is 70.6 Å². The molecule has 0 bridgehead atoms. The maximum absolute atomic E-state index is 8.85. The molecule has 5 heteroatoms. The van der Waals surface area contributed by atoms with Gasteiger partial charge in [-0.2, -0.15) is 5.26 Å². The van der Waals surface area contributed by atoms with Crippen molar-refractivity contribution in [2.75, 3.05) is 32.4 Å². The largest absolute Gasteiger partial charge is 0.339 e. The molecule has 2 aromatic carbocycles. The van der Waals surface area contributed by atoms with Crippen molar-refractivity contribution in [2.24, 2.45) is 4.99 Å². The highest BCUT2D eigenvalue weighted by molar-refractivity contribution is 8.13. The smallest absolute Gasteiger partial charge is 0.208 e. The summed E-state index contributed by atoms with van der Waals surface area (Å²) in [6.07, 6.45) is 3.90. The number of nitriles is 1. The lowest BCUT2D eigenvalue weighted by Gasteiger charge is -2.37. The molecule has 1 aliphatic heterocycles. The van der Waals surface area contributed by atoms with Crippen molar-refractivity contribution >= 4 is 16.9 Å². The average molecular weight is 351 g/mol. The predicted octanol–water partition coefficient (Wildman–Crippen LogP) is 2.18. The van der Waals surface area contributed by atoms with Crippen molar-refractivity contribution < 1.29 is 4.90 Å². The van der Waals surface area contributed by atoms with Crippen molar-refractivity contribution in [3.63, 3.8) is 0 Å². The van der Waals surface area contributed by atoms with Crippen LogP contribution in [0.4, 0.5) is 0 Å². The summed E-state index contributed by atoms with van der Waals surface area (Å²) in [7, 11) is 0. The average Bonchev–Trinajstić information content (AvgIpc) is 2.69. The molecule has 0 unspecified atom stereocenters. The fraction of sp³-hybridized carbons (Fsp3) is 0.300. The van der Waals surface area contributed by atoms with Crippen molar-refractivity contribution in [3.05, 3.63) is 71.8 Å². The molecule has 0 atom stereocenters. The molecule has 1 heterocycles. The molecule has 0 aliphatic carbocycles. The summed E-state index contributed by atoms with van der Waals surface area (Å²) >= 11 is 1.55. The lowest BCUT2D eigenvalue weighted by Crippen LogP contribution is -3.15. The lowest BCUT2D eigenvalue weighted by molar-refractivity contribution is -0.929. The summed E-state index contributed by atoms with van der Waals surface area (Å²) in [5.74, 6) is 0. The van der Waals surface area contributed by atoms with Crippen molar-refractivity contribution in [1.29, 1.82) is 5.26 Å². The number of thioether (sulfide) groups is 1. The molecular weight excluding hydrogens is 328 g/mol. The molecule has 1 N–H and O–H groups in total. The van der Waals surface area contributed by atoms with Gasteiger partial charge in [-0.1, -0.05) is 72.4 Å². The van der Waals surface area contributed by atoms with Gasteiger partial charge in [0.25, 0.3) is 0 Å². The van der Waals surface area contributed by atoms with Gasteiger partial charge in [0.1, 0.15) is 6.04 Å². The molecule has 2 aromatic rings. The van der Waals surface area contributed by atoms with E-state index in [-0.39, 0.29) is 0 Å². The van der Waals surface area contributed by atoms with Gasteiger partial charge in [0.15, 0.2) is 5.17 Å². The van der Waals surface area contributed by atoms with Crippen LogP contribution in [0.25, 0.3) is 0 Å². The van der Waals surface area contributed by atoms with E-state index in [4.69, 9.17) is 5.26 Å². The van der Waals surface area contributed by atoms with E-state index in [0.29, 0.717) is 6.04 Å². The number of quaternary nitrogens is 1. The molecule has 4 nitrogen and oxygen atoms in total. The van der Waals surface area contributed by atoms with Gasteiger partial charge in [-0.15, -0.1) is 4.99 Å². The Morgan fingerprint density at radius 2 is 1.56 bits per heavy atom. The normalized spacial score (nSPS) is 16.0. The SMILES string of the molecule is CSC(=NC#N)N1CC[NH+](C(c2ccccc2)c2ccccc2)CC1. The monoisotopic (exact) mass is 351 g/mol. The molecule has 0 amide bonds. The van der Waals surface area contributed by atoms with Crippen LogP contribution in [0, 0.1) is 11.5 Å². The highest BCUT2D eigenvalue weighted by atomic mass is 32.2. The molecule has 128 valence electrons. The summed E-state index contributed by atoms with van der Waals surface area (Å²) < 4.78 is 0. The van der Waals surface area contributed by atoms with Crippen molar-refractivity contribution in [2.45, 2.75) is 6.04 Å². The Balaban J connectivity index is 1.80. The number of piperazine rings is 1. The van der Waals surface area contributed by atoms with Crippen LogP contribution in [0.3, 0.4) is 0 Å². The third kappa shape index (κ3) is 4.22. The first-order valence-corrected chi connectivity index (χ1v) is 9.76. The number of nitrogens with zero attached hydrogens (tertiary/aromatic N) is 3. The Morgan fingerprint density at radius 3 is 2.00 bits per heavy atom. The standard InChI is InChI=1S/C20H22N4S/c1-25-20(22-16-21)24-14-12-23(13-15-24)19(17-8-4-2-5-9-17)18-10-6-3-7-11-18/h2-11,19H,12-15H2,1H3/p+1. The van der Waals surface area contributed by atoms with Crippen LogP contribution in [-0.4, -0.2) is 42.5 Å². The molecule has 3 rings (SSSR count). The van der Waals surface area contributed by atoms with E-state index in [1.54, 1.807) is 16.7 Å². The number of hydrogen-bond acceptors (Lipinski definition) is 3. The number of nitrogens with one attached hydrogen (secondary N) is 1. The Hall–Kier alpha value is -2.29. The summed E-state index contributed by atoms with van der Waals surface area (Å²) in [6.45, 7) is 3.90. The van der Waals surface area contributed by atoms with Gasteiger partial charge in [0, 0.05) is 11.1 Å². The number of hydrogen-bond donors (Lipinski definition) is 1.